The molecule has 9 atom stereocenters. The number of ether oxygens (including phenoxy) is 2. The first-order valence-electron chi connectivity index (χ1n) is 6.53. The molecule has 8 nitrogen and oxygen atoms in total. The highest BCUT2D eigenvalue weighted by molar-refractivity contribution is 5.11. The molecule has 0 aromatic rings. The van der Waals surface area contributed by atoms with Crippen LogP contribution in [0.25, 0.3) is 0 Å². The van der Waals surface area contributed by atoms with Gasteiger partial charge in [0, 0.05) is 0 Å². The molecule has 6 N–H and O–H groups in total. The van der Waals surface area contributed by atoms with E-state index in [1.807, 2.05) is 0 Å². The largest absolute Gasteiger partial charge is 0.388 e. The van der Waals surface area contributed by atoms with Crippen molar-refractivity contribution in [3.63, 3.8) is 0 Å². The van der Waals surface area contributed by atoms with E-state index in [0.717, 1.165) is 0 Å². The lowest BCUT2D eigenvalue weighted by atomic mass is 9.86. The van der Waals surface area contributed by atoms with E-state index in [2.05, 4.69) is 0 Å². The predicted octanol–water partition coefficient (Wildman–Crippen LogP) is -3.11. The summed E-state index contributed by atoms with van der Waals surface area (Å²) >= 11 is 0. The van der Waals surface area contributed by atoms with E-state index >= 15 is 0 Å². The molecule has 0 aromatic carbocycles. The van der Waals surface area contributed by atoms with E-state index < -0.39 is 54.9 Å². The van der Waals surface area contributed by atoms with Gasteiger partial charge in [-0.3, -0.25) is 0 Å². The Morgan fingerprint density at radius 3 is 1.85 bits per heavy atom. The van der Waals surface area contributed by atoms with Crippen LogP contribution in [0.2, 0.25) is 0 Å². The summed E-state index contributed by atoms with van der Waals surface area (Å²) in [6.45, 7) is 2.99. The molecular weight excluding hydrogens is 272 g/mol. The van der Waals surface area contributed by atoms with Crippen molar-refractivity contribution < 1.29 is 40.1 Å². The first kappa shape index (κ1) is 16.1. The summed E-state index contributed by atoms with van der Waals surface area (Å²) in [7, 11) is 0. The van der Waals surface area contributed by atoms with Crippen molar-refractivity contribution in [1.29, 1.82) is 0 Å². The fraction of sp³-hybridized carbons (Fsp3) is 0.917. The molecule has 117 valence electrons. The number of hydrogen-bond acceptors (Lipinski definition) is 8. The summed E-state index contributed by atoms with van der Waals surface area (Å²) in [5, 5.41) is 58.6. The Balaban J connectivity index is 2.17. The van der Waals surface area contributed by atoms with Gasteiger partial charge in [-0.15, -0.1) is 0 Å². The van der Waals surface area contributed by atoms with E-state index in [4.69, 9.17) is 9.47 Å². The van der Waals surface area contributed by atoms with Crippen LogP contribution in [0.15, 0.2) is 0 Å². The maximum atomic E-state index is 9.94. The SMILES string of the molecule is C[C@H]1O[C](C2O[C@H](C)[C@H](O)[C@H](O)[C@H]2O)[C@H](O)[C@@H](O)[C@H]1O. The minimum Gasteiger partial charge on any atom is -0.388 e. The average Bonchev–Trinajstić information content (AvgIpc) is 2.42. The first-order valence-corrected chi connectivity index (χ1v) is 6.53. The Hall–Kier alpha value is -0.320. The van der Waals surface area contributed by atoms with Gasteiger partial charge in [0.05, 0.1) is 12.2 Å². The van der Waals surface area contributed by atoms with Crippen LogP contribution in [-0.4, -0.2) is 85.6 Å². The molecule has 2 heterocycles. The maximum absolute atomic E-state index is 9.94. The summed E-state index contributed by atoms with van der Waals surface area (Å²) in [4.78, 5) is 0. The lowest BCUT2D eigenvalue weighted by Gasteiger charge is -2.47. The van der Waals surface area contributed by atoms with Crippen LogP contribution in [0.4, 0.5) is 0 Å². The third-order valence-corrected chi connectivity index (χ3v) is 3.90. The predicted molar refractivity (Wildman–Crippen MR) is 64.2 cm³/mol. The summed E-state index contributed by atoms with van der Waals surface area (Å²) in [6, 6.07) is 0. The summed E-state index contributed by atoms with van der Waals surface area (Å²) in [5.41, 5.74) is 0. The zero-order valence-corrected chi connectivity index (χ0v) is 11.2. The van der Waals surface area contributed by atoms with Crippen molar-refractivity contribution in [2.45, 2.75) is 68.8 Å². The molecule has 20 heavy (non-hydrogen) atoms. The van der Waals surface area contributed by atoms with Crippen LogP contribution in [0.1, 0.15) is 13.8 Å². The molecular formula is C12H21O8. The van der Waals surface area contributed by atoms with Crippen LogP contribution < -0.4 is 0 Å². The Bertz CT molecular complexity index is 307. The highest BCUT2D eigenvalue weighted by Crippen LogP contribution is 2.35. The van der Waals surface area contributed by atoms with Gasteiger partial charge in [-0.1, -0.05) is 0 Å². The zero-order valence-electron chi connectivity index (χ0n) is 11.2. The van der Waals surface area contributed by atoms with Crippen LogP contribution in [0.3, 0.4) is 0 Å². The van der Waals surface area contributed by atoms with Gasteiger partial charge < -0.3 is 40.1 Å². The monoisotopic (exact) mass is 293 g/mol. The van der Waals surface area contributed by atoms with E-state index in [-0.39, 0.29) is 6.10 Å². The van der Waals surface area contributed by atoms with Crippen LogP contribution in [-0.2, 0) is 9.47 Å². The van der Waals surface area contributed by atoms with E-state index in [1.54, 1.807) is 0 Å². The van der Waals surface area contributed by atoms with Crippen LogP contribution in [0.5, 0.6) is 0 Å². The third kappa shape index (κ3) is 2.58. The minimum absolute atomic E-state index is 0.166. The van der Waals surface area contributed by atoms with E-state index in [0.29, 0.717) is 0 Å². The van der Waals surface area contributed by atoms with Crippen molar-refractivity contribution in [2.24, 2.45) is 0 Å². The molecule has 0 spiro atoms. The first-order chi connectivity index (χ1) is 9.25. The van der Waals surface area contributed by atoms with Crippen molar-refractivity contribution >= 4 is 0 Å². The summed E-state index contributed by atoms with van der Waals surface area (Å²) in [5.74, 6) is 0. The van der Waals surface area contributed by atoms with Crippen LogP contribution >= 0.6 is 0 Å². The van der Waals surface area contributed by atoms with E-state index in [9.17, 15) is 30.6 Å². The van der Waals surface area contributed by atoms with Gasteiger partial charge in [0.15, 0.2) is 6.10 Å². The van der Waals surface area contributed by atoms with Crippen molar-refractivity contribution in [3.8, 4) is 0 Å². The highest BCUT2D eigenvalue weighted by atomic mass is 16.6. The molecule has 1 radical (unpaired) electrons. The number of aliphatic hydroxyl groups is 6. The molecule has 2 fully saturated rings. The Kier molecular flexibility index (Phi) is 4.67. The Labute approximate surface area is 116 Å². The molecule has 1 unspecified atom stereocenters. The molecule has 2 saturated heterocycles. The van der Waals surface area contributed by atoms with Crippen LogP contribution in [0, 0.1) is 6.10 Å². The summed E-state index contributed by atoms with van der Waals surface area (Å²) in [6.07, 6.45) is -11.5. The van der Waals surface area contributed by atoms with Crippen molar-refractivity contribution in [2.75, 3.05) is 0 Å². The maximum Gasteiger partial charge on any atom is 0.160 e. The lowest BCUT2D eigenvalue weighted by Crippen LogP contribution is -2.64. The number of hydrogen-bond donors (Lipinski definition) is 6. The molecule has 2 aliphatic heterocycles. The van der Waals surface area contributed by atoms with Gasteiger partial charge in [-0.2, -0.15) is 0 Å². The van der Waals surface area contributed by atoms with Gasteiger partial charge >= 0.3 is 0 Å². The molecule has 0 aliphatic carbocycles. The second kappa shape index (κ2) is 5.82. The second-order valence-corrected chi connectivity index (χ2v) is 5.38. The topological polar surface area (TPSA) is 140 Å². The van der Waals surface area contributed by atoms with Gasteiger partial charge in [0.2, 0.25) is 0 Å². The molecule has 8 heteroatoms. The Morgan fingerprint density at radius 2 is 1.25 bits per heavy atom. The molecule has 2 rings (SSSR count). The molecule has 0 aromatic heterocycles. The van der Waals surface area contributed by atoms with Gasteiger partial charge in [0.25, 0.3) is 0 Å². The zero-order chi connectivity index (χ0) is 15.2. The smallest absolute Gasteiger partial charge is 0.160 e. The molecule has 0 bridgehead atoms. The fourth-order valence-electron chi connectivity index (χ4n) is 2.51. The van der Waals surface area contributed by atoms with Gasteiger partial charge in [-0.05, 0) is 13.8 Å². The summed E-state index contributed by atoms with van der Waals surface area (Å²) < 4.78 is 10.7. The highest BCUT2D eigenvalue weighted by Gasteiger charge is 2.53. The lowest BCUT2D eigenvalue weighted by molar-refractivity contribution is -0.258. The van der Waals surface area contributed by atoms with Gasteiger partial charge in [-0.25, -0.2) is 0 Å². The van der Waals surface area contributed by atoms with Crippen molar-refractivity contribution in [3.05, 3.63) is 6.10 Å². The second-order valence-electron chi connectivity index (χ2n) is 5.38. The van der Waals surface area contributed by atoms with Crippen molar-refractivity contribution in [1.82, 2.24) is 0 Å². The standard InChI is InChI=1S/C12H21O8/c1-3-5(13)7(15)9(17)11(19-3)12-10(18)8(16)6(14)4(2)20-12/h3-11,13-18H,1-2H3/t3-,4-,5+,6+,7+,8+,9-,10-,11?/m1/s1. The van der Waals surface area contributed by atoms with E-state index in [1.165, 1.54) is 13.8 Å². The average molecular weight is 293 g/mol. The molecule has 0 saturated carbocycles. The third-order valence-electron chi connectivity index (χ3n) is 3.90. The normalized spacial score (nSPS) is 54.9. The molecule has 2 aliphatic rings. The number of aliphatic hydroxyl groups excluding tert-OH is 6. The molecule has 0 amide bonds. The Morgan fingerprint density at radius 1 is 0.700 bits per heavy atom. The quantitative estimate of drug-likeness (QED) is 0.298. The fourth-order valence-corrected chi connectivity index (χ4v) is 2.51. The number of rotatable bonds is 1. The minimum atomic E-state index is -1.56. The van der Waals surface area contributed by atoms with Gasteiger partial charge in [0.1, 0.15) is 42.7 Å².